The average molecular weight is 517 g/mol. The fourth-order valence-corrected chi connectivity index (χ4v) is 3.64. The third kappa shape index (κ3) is 19.1. The minimum Gasteiger partial charge on any atom is -0.462 e. The van der Waals surface area contributed by atoms with Crippen LogP contribution in [0.5, 0.6) is 0 Å². The first-order valence-corrected chi connectivity index (χ1v) is 13.9. The molecule has 1 fully saturated rings. The van der Waals surface area contributed by atoms with E-state index in [9.17, 15) is 14.2 Å². The number of hydrogen-bond acceptors (Lipinski definition) is 7. The van der Waals surface area contributed by atoms with E-state index in [1.54, 1.807) is 0 Å². The van der Waals surface area contributed by atoms with Gasteiger partial charge in [-0.2, -0.15) is 0 Å². The van der Waals surface area contributed by atoms with Crippen LogP contribution in [0.2, 0.25) is 0 Å². The minimum absolute atomic E-state index is 0.182. The third-order valence-corrected chi connectivity index (χ3v) is 5.62. The van der Waals surface area contributed by atoms with Crippen LogP contribution in [0.1, 0.15) is 78.1 Å². The topological polar surface area (TPSA) is 132 Å². The van der Waals surface area contributed by atoms with Crippen LogP contribution in [0.25, 0.3) is 0 Å². The summed E-state index contributed by atoms with van der Waals surface area (Å²) < 4.78 is 30.6. The molecule has 3 atom stereocenters. The van der Waals surface area contributed by atoms with Crippen LogP contribution in [0, 0.1) is 0 Å². The van der Waals surface area contributed by atoms with Crippen LogP contribution in [-0.2, 0) is 32.9 Å². The van der Waals surface area contributed by atoms with Gasteiger partial charge in [0.05, 0.1) is 18.8 Å². The van der Waals surface area contributed by atoms with Gasteiger partial charge in [0.1, 0.15) is 6.61 Å². The normalized spacial score (nSPS) is 19.0. The fourth-order valence-electron chi connectivity index (χ4n) is 3.28. The van der Waals surface area contributed by atoms with E-state index in [4.69, 9.17) is 24.0 Å². The smallest absolute Gasteiger partial charge is 0.462 e. The molecule has 1 rings (SSSR count). The van der Waals surface area contributed by atoms with Crippen molar-refractivity contribution in [2.75, 3.05) is 13.2 Å². The van der Waals surface area contributed by atoms with E-state index in [0.717, 1.165) is 32.6 Å². The Hall–Kier alpha value is -1.77. The van der Waals surface area contributed by atoms with Crippen molar-refractivity contribution >= 4 is 19.8 Å². The van der Waals surface area contributed by atoms with E-state index in [1.165, 1.54) is 25.7 Å². The summed E-state index contributed by atoms with van der Waals surface area (Å²) in [7, 11) is -4.71. The summed E-state index contributed by atoms with van der Waals surface area (Å²) >= 11 is 0. The molecular formula is C25H41O9P. The molecule has 9 nitrogen and oxygen atoms in total. The molecule has 0 aromatic carbocycles. The Balaban J connectivity index is 2.04. The minimum atomic E-state index is -4.71. The van der Waals surface area contributed by atoms with Crippen LogP contribution in [0.3, 0.4) is 0 Å². The number of ether oxygens (including phenoxy) is 3. The molecule has 200 valence electrons. The van der Waals surface area contributed by atoms with Crippen LogP contribution >= 0.6 is 7.82 Å². The van der Waals surface area contributed by atoms with Crippen molar-refractivity contribution in [1.82, 2.24) is 0 Å². The largest absolute Gasteiger partial charge is 0.469 e. The number of unbranched alkanes of at least 4 members (excludes halogenated alkanes) is 3. The number of esters is 2. The maximum Gasteiger partial charge on any atom is 0.469 e. The van der Waals surface area contributed by atoms with Crippen molar-refractivity contribution < 1.29 is 42.7 Å². The molecule has 0 radical (unpaired) electrons. The number of carbonyl (C=O) groups excluding carboxylic acids is 2. The summed E-state index contributed by atoms with van der Waals surface area (Å²) in [5, 5.41) is 0. The summed E-state index contributed by atoms with van der Waals surface area (Å²) in [5.41, 5.74) is 0. The SMILES string of the molecule is CCCCCC1OC1C/C=C\C/C=C\C/C=C\CCCC(=O)OC[C@H](COP(=O)(O)O)OC(C)=O. The molecular weight excluding hydrogens is 475 g/mol. The van der Waals surface area contributed by atoms with Crippen LogP contribution in [0.15, 0.2) is 36.5 Å². The summed E-state index contributed by atoms with van der Waals surface area (Å²) in [6.07, 6.45) is 21.7. The molecule has 0 amide bonds. The van der Waals surface area contributed by atoms with Gasteiger partial charge in [-0.15, -0.1) is 0 Å². The number of phosphoric ester groups is 1. The summed E-state index contributed by atoms with van der Waals surface area (Å²) in [4.78, 5) is 40.3. The number of phosphoric acid groups is 1. The molecule has 0 spiro atoms. The van der Waals surface area contributed by atoms with Crippen molar-refractivity contribution in [3.8, 4) is 0 Å². The number of rotatable bonds is 20. The molecule has 2 unspecified atom stereocenters. The quantitative estimate of drug-likeness (QED) is 0.0760. The second-order valence-electron chi connectivity index (χ2n) is 8.42. The van der Waals surface area contributed by atoms with E-state index in [1.807, 2.05) is 12.2 Å². The van der Waals surface area contributed by atoms with Gasteiger partial charge in [-0.1, -0.05) is 62.6 Å². The zero-order valence-corrected chi connectivity index (χ0v) is 21.8. The molecule has 1 heterocycles. The van der Waals surface area contributed by atoms with Crippen molar-refractivity contribution in [1.29, 1.82) is 0 Å². The first kappa shape index (κ1) is 31.3. The molecule has 0 bridgehead atoms. The molecule has 0 aliphatic carbocycles. The monoisotopic (exact) mass is 516 g/mol. The lowest BCUT2D eigenvalue weighted by molar-refractivity contribution is -0.159. The Morgan fingerprint density at radius 1 is 0.971 bits per heavy atom. The Labute approximate surface area is 208 Å². The van der Waals surface area contributed by atoms with E-state index >= 15 is 0 Å². The van der Waals surface area contributed by atoms with Gasteiger partial charge in [-0.3, -0.25) is 14.1 Å². The van der Waals surface area contributed by atoms with Crippen LogP contribution in [-0.4, -0.2) is 53.3 Å². The Bertz CT molecular complexity index is 741. The number of hydrogen-bond donors (Lipinski definition) is 2. The van der Waals surface area contributed by atoms with Gasteiger partial charge in [0.15, 0.2) is 6.10 Å². The highest BCUT2D eigenvalue weighted by Gasteiger charge is 2.36. The first-order chi connectivity index (χ1) is 16.7. The number of carbonyl (C=O) groups is 2. The Morgan fingerprint density at radius 3 is 2.31 bits per heavy atom. The Kier molecular flexibility index (Phi) is 16.5. The highest BCUT2D eigenvalue weighted by Crippen LogP contribution is 2.35. The molecule has 35 heavy (non-hydrogen) atoms. The predicted octanol–water partition coefficient (Wildman–Crippen LogP) is 4.93. The van der Waals surface area contributed by atoms with Crippen LogP contribution in [0.4, 0.5) is 0 Å². The zero-order chi connectivity index (χ0) is 25.9. The summed E-state index contributed by atoms with van der Waals surface area (Å²) in [6, 6.07) is 0. The van der Waals surface area contributed by atoms with E-state index in [-0.39, 0.29) is 13.0 Å². The van der Waals surface area contributed by atoms with Gasteiger partial charge >= 0.3 is 19.8 Å². The molecule has 0 saturated carbocycles. The molecule has 1 aliphatic heterocycles. The van der Waals surface area contributed by atoms with Gasteiger partial charge < -0.3 is 24.0 Å². The standard InChI is InChI=1S/C25H41O9P/c1-3-4-13-16-23-24(34-23)17-14-11-9-7-5-6-8-10-12-15-18-25(27)31-19-22(33-21(2)26)20-32-35(28,29)30/h5,7-8,10-11,14,22-24H,3-4,6,9,12-13,15-20H2,1-2H3,(H2,28,29,30)/b7-5-,10-8-,14-11-/t22-,23?,24?/m1/s1. The average Bonchev–Trinajstić information content (AvgIpc) is 3.53. The van der Waals surface area contributed by atoms with Crippen molar-refractivity contribution in [2.24, 2.45) is 0 Å². The van der Waals surface area contributed by atoms with Crippen molar-refractivity contribution in [3.63, 3.8) is 0 Å². The van der Waals surface area contributed by atoms with Gasteiger partial charge in [-0.05, 0) is 38.5 Å². The maximum absolute atomic E-state index is 11.8. The number of epoxide rings is 1. The Morgan fingerprint density at radius 2 is 1.66 bits per heavy atom. The van der Waals surface area contributed by atoms with Gasteiger partial charge in [-0.25, -0.2) is 4.57 Å². The van der Waals surface area contributed by atoms with E-state index in [0.29, 0.717) is 18.6 Å². The van der Waals surface area contributed by atoms with Crippen LogP contribution < -0.4 is 0 Å². The summed E-state index contributed by atoms with van der Waals surface area (Å²) in [5.74, 6) is -1.16. The molecule has 0 aromatic heterocycles. The fraction of sp³-hybridized carbons (Fsp3) is 0.680. The highest BCUT2D eigenvalue weighted by atomic mass is 31.2. The molecule has 1 saturated heterocycles. The lowest BCUT2D eigenvalue weighted by atomic mass is 10.1. The van der Waals surface area contributed by atoms with Crippen molar-refractivity contribution in [3.05, 3.63) is 36.5 Å². The zero-order valence-electron chi connectivity index (χ0n) is 20.9. The number of allylic oxidation sites excluding steroid dienone is 5. The maximum atomic E-state index is 11.8. The molecule has 0 aromatic rings. The molecule has 2 N–H and O–H groups in total. The lowest BCUT2D eigenvalue weighted by Crippen LogP contribution is -2.28. The van der Waals surface area contributed by atoms with Gasteiger partial charge in [0.25, 0.3) is 0 Å². The molecule has 1 aliphatic rings. The summed E-state index contributed by atoms with van der Waals surface area (Å²) in [6.45, 7) is 2.45. The highest BCUT2D eigenvalue weighted by molar-refractivity contribution is 7.46. The van der Waals surface area contributed by atoms with E-state index in [2.05, 4.69) is 35.8 Å². The van der Waals surface area contributed by atoms with Gasteiger partial charge in [0, 0.05) is 13.3 Å². The second kappa shape index (κ2) is 18.5. The van der Waals surface area contributed by atoms with Gasteiger partial charge in [0.2, 0.25) is 0 Å². The third-order valence-electron chi connectivity index (χ3n) is 5.14. The molecule has 10 heteroatoms. The van der Waals surface area contributed by atoms with E-state index < -0.39 is 32.5 Å². The first-order valence-electron chi connectivity index (χ1n) is 12.3. The second-order valence-corrected chi connectivity index (χ2v) is 9.66. The predicted molar refractivity (Wildman–Crippen MR) is 132 cm³/mol. The van der Waals surface area contributed by atoms with Crippen molar-refractivity contribution in [2.45, 2.75) is 96.4 Å². The lowest BCUT2D eigenvalue weighted by Gasteiger charge is -2.17.